The molecule has 2 aliphatic rings. The second-order valence-electron chi connectivity index (χ2n) is 7.17. The number of carbonyl (C=O) groups excluding carboxylic acids is 3. The number of hydrogen-bond donors (Lipinski definition) is 3. The summed E-state index contributed by atoms with van der Waals surface area (Å²) in [5.41, 5.74) is 0. The number of likely N-dealkylation sites (tertiary alicyclic amines) is 1. The van der Waals surface area contributed by atoms with E-state index in [0.29, 0.717) is 32.4 Å². The third kappa shape index (κ3) is 4.97. The lowest BCUT2D eigenvalue weighted by atomic mass is 9.97. The van der Waals surface area contributed by atoms with Gasteiger partial charge in [-0.1, -0.05) is 27.2 Å². The van der Waals surface area contributed by atoms with Crippen molar-refractivity contribution in [3.63, 3.8) is 0 Å². The molecule has 0 bridgehead atoms. The molecule has 0 aromatic carbocycles. The average molecular weight is 383 g/mol. The summed E-state index contributed by atoms with van der Waals surface area (Å²) in [6.07, 6.45) is 0.704. The number of ether oxygens (including phenoxy) is 1. The Balaban J connectivity index is 2.01. The Kier molecular flexibility index (Phi) is 7.18. The standard InChI is InChI=1S/C18H29N3O6/c1-4-8-19-15(22)13-14(27-13)16(23)20-12(10(3)5-2)17(24)21-9-6-7-11(21)18(25)26/h10-14H,4-9H2,1-3H3,(H,19,22)(H,20,23)(H,25,26)/t10?,11-,12-,13?,14?/m0/s1. The van der Waals surface area contributed by atoms with Gasteiger partial charge in [-0.05, 0) is 25.2 Å². The van der Waals surface area contributed by atoms with Gasteiger partial charge in [0, 0.05) is 13.1 Å². The highest BCUT2D eigenvalue weighted by atomic mass is 16.6. The van der Waals surface area contributed by atoms with Crippen LogP contribution in [0, 0.1) is 5.92 Å². The number of aliphatic carboxylic acids is 1. The monoisotopic (exact) mass is 383 g/mol. The maximum atomic E-state index is 12.9. The van der Waals surface area contributed by atoms with Crippen molar-refractivity contribution >= 4 is 23.7 Å². The first-order chi connectivity index (χ1) is 12.8. The highest BCUT2D eigenvalue weighted by Gasteiger charge is 2.51. The predicted molar refractivity (Wildman–Crippen MR) is 95.7 cm³/mol. The van der Waals surface area contributed by atoms with E-state index in [2.05, 4.69) is 10.6 Å². The molecular weight excluding hydrogens is 354 g/mol. The van der Waals surface area contributed by atoms with E-state index < -0.39 is 42.1 Å². The minimum absolute atomic E-state index is 0.178. The average Bonchev–Trinajstić information content (AvgIpc) is 3.30. The minimum atomic E-state index is -1.03. The van der Waals surface area contributed by atoms with Gasteiger partial charge in [0.25, 0.3) is 11.8 Å². The third-order valence-electron chi connectivity index (χ3n) is 5.16. The molecule has 0 aromatic rings. The molecule has 9 nitrogen and oxygen atoms in total. The van der Waals surface area contributed by atoms with Crippen LogP contribution >= 0.6 is 0 Å². The van der Waals surface area contributed by atoms with Crippen LogP contribution in [0.25, 0.3) is 0 Å². The second kappa shape index (κ2) is 9.16. The number of hydrogen-bond acceptors (Lipinski definition) is 5. The molecule has 2 heterocycles. The van der Waals surface area contributed by atoms with Crippen molar-refractivity contribution < 1.29 is 29.0 Å². The molecule has 2 aliphatic heterocycles. The molecule has 3 N–H and O–H groups in total. The van der Waals surface area contributed by atoms with Gasteiger partial charge >= 0.3 is 5.97 Å². The molecule has 2 rings (SSSR count). The summed E-state index contributed by atoms with van der Waals surface area (Å²) >= 11 is 0. The molecule has 2 fully saturated rings. The van der Waals surface area contributed by atoms with Gasteiger partial charge in [-0.3, -0.25) is 14.4 Å². The van der Waals surface area contributed by atoms with E-state index in [1.54, 1.807) is 0 Å². The van der Waals surface area contributed by atoms with Crippen LogP contribution in [0.2, 0.25) is 0 Å². The minimum Gasteiger partial charge on any atom is -0.480 e. The van der Waals surface area contributed by atoms with Crippen LogP contribution in [-0.4, -0.2) is 71.1 Å². The maximum absolute atomic E-state index is 12.9. The number of epoxide rings is 1. The van der Waals surface area contributed by atoms with E-state index in [4.69, 9.17) is 4.74 Å². The lowest BCUT2D eigenvalue weighted by Gasteiger charge is -2.30. The number of carbonyl (C=O) groups is 4. The lowest BCUT2D eigenvalue weighted by Crippen LogP contribution is -2.55. The summed E-state index contributed by atoms with van der Waals surface area (Å²) < 4.78 is 5.17. The predicted octanol–water partition coefficient (Wildman–Crippen LogP) is -0.113. The van der Waals surface area contributed by atoms with E-state index in [1.165, 1.54) is 4.90 Å². The van der Waals surface area contributed by atoms with Crippen molar-refractivity contribution in [1.29, 1.82) is 0 Å². The Morgan fingerprint density at radius 3 is 2.44 bits per heavy atom. The molecule has 2 saturated heterocycles. The fourth-order valence-electron chi connectivity index (χ4n) is 3.24. The molecule has 3 amide bonds. The molecule has 3 unspecified atom stereocenters. The molecule has 0 radical (unpaired) electrons. The Labute approximate surface area is 158 Å². The van der Waals surface area contributed by atoms with Crippen molar-refractivity contribution in [3.05, 3.63) is 0 Å². The number of carboxylic acid groups (broad SMARTS) is 1. The van der Waals surface area contributed by atoms with Crippen LogP contribution in [0.5, 0.6) is 0 Å². The van der Waals surface area contributed by atoms with Gasteiger partial charge in [-0.2, -0.15) is 0 Å². The van der Waals surface area contributed by atoms with E-state index in [9.17, 15) is 24.3 Å². The molecule has 0 spiro atoms. The number of carboxylic acids is 1. The van der Waals surface area contributed by atoms with Crippen molar-refractivity contribution in [1.82, 2.24) is 15.5 Å². The molecule has 152 valence electrons. The second-order valence-corrected chi connectivity index (χ2v) is 7.17. The number of rotatable bonds is 9. The normalized spacial score (nSPS) is 26.2. The zero-order valence-corrected chi connectivity index (χ0v) is 16.1. The van der Waals surface area contributed by atoms with Crippen LogP contribution in [-0.2, 0) is 23.9 Å². The topological polar surface area (TPSA) is 128 Å². The zero-order valence-electron chi connectivity index (χ0n) is 16.1. The number of nitrogens with zero attached hydrogens (tertiary/aromatic N) is 1. The van der Waals surface area contributed by atoms with Crippen LogP contribution in [0.1, 0.15) is 46.5 Å². The number of nitrogens with one attached hydrogen (secondary N) is 2. The molecular formula is C18H29N3O6. The van der Waals surface area contributed by atoms with Gasteiger partial charge in [-0.15, -0.1) is 0 Å². The third-order valence-corrected chi connectivity index (χ3v) is 5.16. The molecule has 0 aromatic heterocycles. The molecule has 0 saturated carbocycles. The Hall–Kier alpha value is -2.16. The summed E-state index contributed by atoms with van der Waals surface area (Å²) in [5.74, 6) is -2.46. The van der Waals surface area contributed by atoms with Gasteiger partial charge in [0.2, 0.25) is 5.91 Å². The first-order valence-corrected chi connectivity index (χ1v) is 9.58. The van der Waals surface area contributed by atoms with Crippen molar-refractivity contribution in [2.24, 2.45) is 5.92 Å². The highest BCUT2D eigenvalue weighted by molar-refractivity contribution is 5.97. The Bertz CT molecular complexity index is 596. The molecule has 5 atom stereocenters. The zero-order chi connectivity index (χ0) is 20.1. The smallest absolute Gasteiger partial charge is 0.326 e. The van der Waals surface area contributed by atoms with Gasteiger partial charge in [0.05, 0.1) is 0 Å². The van der Waals surface area contributed by atoms with Crippen LogP contribution in [0.4, 0.5) is 0 Å². The first kappa shape index (κ1) is 21.1. The SMILES string of the molecule is CCCNC(=O)C1OC1C(=O)N[C@H](C(=O)N1CCC[C@H]1C(=O)O)C(C)CC. The van der Waals surface area contributed by atoms with Gasteiger partial charge in [0.15, 0.2) is 12.2 Å². The van der Waals surface area contributed by atoms with E-state index >= 15 is 0 Å². The summed E-state index contributed by atoms with van der Waals surface area (Å²) in [7, 11) is 0. The Morgan fingerprint density at radius 1 is 1.19 bits per heavy atom. The van der Waals surface area contributed by atoms with E-state index in [-0.39, 0.29) is 11.8 Å². The maximum Gasteiger partial charge on any atom is 0.326 e. The lowest BCUT2D eigenvalue weighted by molar-refractivity contribution is -0.150. The van der Waals surface area contributed by atoms with Crippen LogP contribution < -0.4 is 10.6 Å². The highest BCUT2D eigenvalue weighted by Crippen LogP contribution is 2.25. The summed E-state index contributed by atoms with van der Waals surface area (Å²) in [4.78, 5) is 49.9. The fourth-order valence-corrected chi connectivity index (χ4v) is 3.24. The van der Waals surface area contributed by atoms with Gasteiger partial charge in [0.1, 0.15) is 12.1 Å². The van der Waals surface area contributed by atoms with Crippen molar-refractivity contribution in [3.8, 4) is 0 Å². The fraction of sp³-hybridized carbons (Fsp3) is 0.778. The first-order valence-electron chi connectivity index (χ1n) is 9.58. The van der Waals surface area contributed by atoms with Gasteiger partial charge in [-0.25, -0.2) is 4.79 Å². The van der Waals surface area contributed by atoms with E-state index in [1.807, 2.05) is 20.8 Å². The molecule has 27 heavy (non-hydrogen) atoms. The van der Waals surface area contributed by atoms with E-state index in [0.717, 1.165) is 6.42 Å². The quantitative estimate of drug-likeness (QED) is 0.477. The van der Waals surface area contributed by atoms with Crippen LogP contribution in [0.15, 0.2) is 0 Å². The summed E-state index contributed by atoms with van der Waals surface area (Å²) in [6, 6.07) is -1.70. The largest absolute Gasteiger partial charge is 0.480 e. The summed E-state index contributed by atoms with van der Waals surface area (Å²) in [5, 5.41) is 14.7. The molecule has 9 heteroatoms. The van der Waals surface area contributed by atoms with Crippen LogP contribution in [0.3, 0.4) is 0 Å². The number of amides is 3. The Morgan fingerprint density at radius 2 is 1.85 bits per heavy atom. The van der Waals surface area contributed by atoms with Crippen molar-refractivity contribution in [2.45, 2.75) is 70.7 Å². The van der Waals surface area contributed by atoms with Crippen molar-refractivity contribution in [2.75, 3.05) is 13.1 Å². The van der Waals surface area contributed by atoms with Gasteiger partial charge < -0.3 is 25.4 Å². The summed E-state index contributed by atoms with van der Waals surface area (Å²) in [6.45, 7) is 6.51. The molecule has 0 aliphatic carbocycles.